The molecule has 1 aliphatic rings. The molecule has 0 radical (unpaired) electrons. The fourth-order valence-electron chi connectivity index (χ4n) is 2.48. The lowest BCUT2D eigenvalue weighted by molar-refractivity contribution is -0.149. The van der Waals surface area contributed by atoms with Gasteiger partial charge in [-0.2, -0.15) is 0 Å². The summed E-state index contributed by atoms with van der Waals surface area (Å²) in [6.07, 6.45) is 4.79. The highest BCUT2D eigenvalue weighted by Crippen LogP contribution is 2.19. The number of urea groups is 1. The van der Waals surface area contributed by atoms with Gasteiger partial charge in [0.15, 0.2) is 0 Å². The highest BCUT2D eigenvalue weighted by atomic mass is 79.9. The maximum absolute atomic E-state index is 12.1. The van der Waals surface area contributed by atoms with Gasteiger partial charge >= 0.3 is 12.0 Å². The largest absolute Gasteiger partial charge is 0.466 e. The topological polar surface area (TPSA) is 58.6 Å². The molecule has 1 fully saturated rings. The lowest BCUT2D eigenvalue weighted by Gasteiger charge is -2.30. The molecule has 0 bridgehead atoms. The molecule has 0 aromatic heterocycles. The van der Waals surface area contributed by atoms with E-state index in [1.165, 1.54) is 0 Å². The summed E-state index contributed by atoms with van der Waals surface area (Å²) in [5, 5.41) is 2.77. The molecule has 0 aliphatic carbocycles. The van der Waals surface area contributed by atoms with E-state index in [1.807, 2.05) is 30.3 Å². The van der Waals surface area contributed by atoms with E-state index in [9.17, 15) is 9.59 Å². The Bertz CT molecular complexity index is 581. The number of nitrogens with one attached hydrogen (secondary N) is 1. The first-order valence-corrected chi connectivity index (χ1v) is 8.54. The van der Waals surface area contributed by atoms with Gasteiger partial charge in [0.05, 0.1) is 12.5 Å². The summed E-state index contributed by atoms with van der Waals surface area (Å²) >= 11 is 3.45. The Balaban J connectivity index is 1.79. The van der Waals surface area contributed by atoms with Crippen LogP contribution in [0.1, 0.15) is 25.3 Å². The van der Waals surface area contributed by atoms with E-state index in [2.05, 4.69) is 21.2 Å². The Labute approximate surface area is 144 Å². The smallest absolute Gasteiger partial charge is 0.321 e. The molecule has 2 amide bonds. The van der Waals surface area contributed by atoms with Crippen LogP contribution in [-0.4, -0.2) is 36.6 Å². The number of piperidine rings is 1. The molecule has 1 aromatic carbocycles. The number of carbonyl (C=O) groups excluding carboxylic acids is 2. The molecule has 0 spiro atoms. The molecule has 1 saturated heterocycles. The fraction of sp³-hybridized carbons (Fsp3) is 0.412. The average molecular weight is 381 g/mol. The van der Waals surface area contributed by atoms with Crippen molar-refractivity contribution < 1.29 is 14.3 Å². The Hall–Kier alpha value is -1.82. The molecule has 124 valence electrons. The van der Waals surface area contributed by atoms with Crippen molar-refractivity contribution in [3.63, 3.8) is 0 Å². The van der Waals surface area contributed by atoms with E-state index in [1.54, 1.807) is 18.0 Å². The van der Waals surface area contributed by atoms with Crippen molar-refractivity contribution in [1.29, 1.82) is 0 Å². The first-order chi connectivity index (χ1) is 11.1. The summed E-state index contributed by atoms with van der Waals surface area (Å²) < 4.78 is 6.00. The van der Waals surface area contributed by atoms with Crippen molar-refractivity contribution >= 4 is 34.0 Å². The zero-order valence-electron chi connectivity index (χ0n) is 13.1. The maximum atomic E-state index is 12.1. The van der Waals surface area contributed by atoms with Crippen LogP contribution in [0.3, 0.4) is 0 Å². The molecule has 1 aromatic rings. The van der Waals surface area contributed by atoms with Crippen molar-refractivity contribution in [2.75, 3.05) is 19.7 Å². The molecule has 5 nitrogen and oxygen atoms in total. The number of benzene rings is 1. The molecule has 2 rings (SSSR count). The first-order valence-electron chi connectivity index (χ1n) is 7.75. The van der Waals surface area contributed by atoms with Gasteiger partial charge in [0.25, 0.3) is 0 Å². The van der Waals surface area contributed by atoms with Crippen LogP contribution >= 0.6 is 15.9 Å². The van der Waals surface area contributed by atoms with E-state index >= 15 is 0 Å². The number of esters is 1. The number of amides is 2. The zero-order chi connectivity index (χ0) is 16.7. The molecular weight excluding hydrogens is 360 g/mol. The number of ether oxygens (including phenoxy) is 1. The Morgan fingerprint density at radius 3 is 2.70 bits per heavy atom. The Morgan fingerprint density at radius 1 is 1.35 bits per heavy atom. The summed E-state index contributed by atoms with van der Waals surface area (Å²) in [6.45, 7) is 3.34. The predicted octanol–water partition coefficient (Wildman–Crippen LogP) is 3.40. The molecule has 1 aliphatic heterocycles. The second-order valence-electron chi connectivity index (χ2n) is 5.32. The van der Waals surface area contributed by atoms with E-state index in [0.717, 1.165) is 10.0 Å². The van der Waals surface area contributed by atoms with Gasteiger partial charge in [-0.05, 0) is 37.5 Å². The van der Waals surface area contributed by atoms with Gasteiger partial charge in [-0.25, -0.2) is 4.79 Å². The first kappa shape index (κ1) is 17.5. The van der Waals surface area contributed by atoms with Gasteiger partial charge in [0.1, 0.15) is 0 Å². The average Bonchev–Trinajstić information content (AvgIpc) is 2.57. The predicted molar refractivity (Wildman–Crippen MR) is 92.6 cm³/mol. The number of hydrogen-bond acceptors (Lipinski definition) is 3. The molecular formula is C17H21BrN2O3. The quantitative estimate of drug-likeness (QED) is 0.814. The van der Waals surface area contributed by atoms with Crippen molar-refractivity contribution in [2.24, 2.45) is 5.92 Å². The van der Waals surface area contributed by atoms with Gasteiger partial charge < -0.3 is 15.0 Å². The number of hydrogen-bond donors (Lipinski definition) is 1. The molecule has 6 heteroatoms. The van der Waals surface area contributed by atoms with E-state index < -0.39 is 0 Å². The third-order valence-electron chi connectivity index (χ3n) is 3.78. The van der Waals surface area contributed by atoms with E-state index in [0.29, 0.717) is 32.5 Å². The van der Waals surface area contributed by atoms with Crippen molar-refractivity contribution in [3.05, 3.63) is 40.5 Å². The summed E-state index contributed by atoms with van der Waals surface area (Å²) in [4.78, 5) is 25.5. The number of halogens is 1. The lowest BCUT2D eigenvalue weighted by Crippen LogP contribution is -2.44. The highest BCUT2D eigenvalue weighted by Gasteiger charge is 2.27. The number of nitrogens with zero attached hydrogens (tertiary/aromatic N) is 1. The minimum Gasteiger partial charge on any atom is -0.466 e. The second kappa shape index (κ2) is 8.72. The maximum Gasteiger partial charge on any atom is 0.321 e. The summed E-state index contributed by atoms with van der Waals surface area (Å²) in [5.74, 6) is -0.240. The van der Waals surface area contributed by atoms with E-state index in [-0.39, 0.29) is 17.9 Å². The van der Waals surface area contributed by atoms with Gasteiger partial charge in [0.2, 0.25) is 0 Å². The molecule has 0 unspecified atom stereocenters. The normalized spacial score (nSPS) is 15.7. The van der Waals surface area contributed by atoms with Crippen LogP contribution in [0, 0.1) is 5.92 Å². The SMILES string of the molecule is CCOC(=O)C1CCN(C(=O)N/C=C/c2ccccc2Br)CC1. The van der Waals surface area contributed by atoms with Crippen molar-refractivity contribution in [2.45, 2.75) is 19.8 Å². The monoisotopic (exact) mass is 380 g/mol. The summed E-state index contributed by atoms with van der Waals surface area (Å²) in [5.41, 5.74) is 0.994. The van der Waals surface area contributed by atoms with Crippen LogP contribution in [0.5, 0.6) is 0 Å². The van der Waals surface area contributed by atoms with Crippen LogP contribution < -0.4 is 5.32 Å². The molecule has 1 N–H and O–H groups in total. The standard InChI is InChI=1S/C17H21BrN2O3/c1-2-23-16(21)14-8-11-20(12-9-14)17(22)19-10-7-13-5-3-4-6-15(13)18/h3-7,10,14H,2,8-9,11-12H2,1H3,(H,19,22)/b10-7+. The van der Waals surface area contributed by atoms with Crippen LogP contribution in [0.2, 0.25) is 0 Å². The Kier molecular flexibility index (Phi) is 6.65. The third-order valence-corrected chi connectivity index (χ3v) is 4.50. The highest BCUT2D eigenvalue weighted by molar-refractivity contribution is 9.10. The van der Waals surface area contributed by atoms with Crippen molar-refractivity contribution in [1.82, 2.24) is 10.2 Å². The third kappa shape index (κ3) is 5.10. The van der Waals surface area contributed by atoms with Crippen molar-refractivity contribution in [3.8, 4) is 0 Å². The fourth-order valence-corrected chi connectivity index (χ4v) is 2.90. The molecule has 1 heterocycles. The van der Waals surface area contributed by atoms with Crippen LogP contribution in [0.4, 0.5) is 4.79 Å². The van der Waals surface area contributed by atoms with Gasteiger partial charge in [-0.3, -0.25) is 4.79 Å². The molecule has 0 atom stereocenters. The zero-order valence-corrected chi connectivity index (χ0v) is 14.7. The minimum absolute atomic E-state index is 0.0881. The number of likely N-dealkylation sites (tertiary alicyclic amines) is 1. The Morgan fingerprint density at radius 2 is 2.04 bits per heavy atom. The van der Waals surface area contributed by atoms with Gasteiger partial charge in [-0.1, -0.05) is 34.1 Å². The molecule has 0 saturated carbocycles. The number of carbonyl (C=O) groups is 2. The number of rotatable bonds is 4. The summed E-state index contributed by atoms with van der Waals surface area (Å²) in [7, 11) is 0. The lowest BCUT2D eigenvalue weighted by atomic mass is 9.97. The minimum atomic E-state index is -0.151. The summed E-state index contributed by atoms with van der Waals surface area (Å²) in [6, 6.07) is 7.63. The van der Waals surface area contributed by atoms with Crippen LogP contribution in [0.25, 0.3) is 6.08 Å². The molecule has 23 heavy (non-hydrogen) atoms. The van der Waals surface area contributed by atoms with E-state index in [4.69, 9.17) is 4.74 Å². The van der Waals surface area contributed by atoms with Gasteiger partial charge in [-0.15, -0.1) is 0 Å². The van der Waals surface area contributed by atoms with Crippen LogP contribution in [0.15, 0.2) is 34.9 Å². The second-order valence-corrected chi connectivity index (χ2v) is 6.17. The van der Waals surface area contributed by atoms with Gasteiger partial charge in [0, 0.05) is 23.8 Å². The van der Waals surface area contributed by atoms with Crippen LogP contribution in [-0.2, 0) is 9.53 Å².